The minimum atomic E-state index is 0.396. The Morgan fingerprint density at radius 3 is 1.33 bits per heavy atom. The molecule has 3 aromatic heterocycles. The first-order valence-electron chi connectivity index (χ1n) is 23.7. The third-order valence-corrected chi connectivity index (χ3v) is 13.1. The molecule has 0 aliphatic rings. The molecule has 0 N–H and O–H groups in total. The summed E-state index contributed by atoms with van der Waals surface area (Å²) in [6.45, 7) is 7.80. The van der Waals surface area contributed by atoms with Crippen molar-refractivity contribution >= 4 is 27.5 Å². The van der Waals surface area contributed by atoms with E-state index in [0.29, 0.717) is 56.7 Å². The zero-order valence-electron chi connectivity index (χ0n) is 39.0. The van der Waals surface area contributed by atoms with Crippen molar-refractivity contribution in [2.75, 3.05) is 0 Å². The third kappa shape index (κ3) is 8.32. The van der Waals surface area contributed by atoms with Crippen LogP contribution >= 0.6 is 0 Å². The summed E-state index contributed by atoms with van der Waals surface area (Å²) in [5.74, 6) is 0.944. The van der Waals surface area contributed by atoms with Gasteiger partial charge in [-0.1, -0.05) is 164 Å². The van der Waals surface area contributed by atoms with Crippen LogP contribution < -0.4 is 0 Å². The predicted molar refractivity (Wildman–Crippen MR) is 291 cm³/mol. The molecule has 0 radical (unpaired) electrons. The summed E-state index contributed by atoms with van der Waals surface area (Å²) >= 11 is 0. The highest BCUT2D eigenvalue weighted by atomic mass is 15.0. The molecule has 0 spiro atoms. The van der Waals surface area contributed by atoms with Gasteiger partial charge >= 0.3 is 0 Å². The van der Waals surface area contributed by atoms with Crippen molar-refractivity contribution in [3.05, 3.63) is 253 Å². The van der Waals surface area contributed by atoms with Gasteiger partial charge in [-0.15, -0.1) is 0 Å². The molecular formula is C65H38N8. The maximum Gasteiger partial charge on any atom is 0.187 e. The fourth-order valence-electron chi connectivity index (χ4n) is 9.59. The summed E-state index contributed by atoms with van der Waals surface area (Å²) in [4.78, 5) is 25.1. The molecule has 0 aliphatic carbocycles. The van der Waals surface area contributed by atoms with Crippen LogP contribution in [-0.2, 0) is 0 Å². The highest BCUT2D eigenvalue weighted by molar-refractivity contribution is 6.13. The van der Waals surface area contributed by atoms with E-state index in [4.69, 9.17) is 26.5 Å². The van der Waals surface area contributed by atoms with E-state index >= 15 is 0 Å². The molecule has 0 fully saturated rings. The molecule has 0 bridgehead atoms. The van der Waals surface area contributed by atoms with Gasteiger partial charge in [0, 0.05) is 44.2 Å². The zero-order valence-corrected chi connectivity index (χ0v) is 39.0. The summed E-state index contributed by atoms with van der Waals surface area (Å²) < 4.78 is 2.25. The second kappa shape index (κ2) is 18.7. The SMILES string of the molecule is [C-]#[N+]c1cccc(-c2ccc3c(c2)c2cc(-c4cccc(C#N)c4)ccc2n3-c2c(-c3cc(-c4ccccc4)nc(-c4ccccc4)n3)cc(C#N)cc2-c2nc(-c3ccccc3)cc(-c3ccccc3)n2)c1. The molecule has 0 amide bonds. The van der Waals surface area contributed by atoms with Crippen LogP contribution in [0.15, 0.2) is 231 Å². The second-order valence-electron chi connectivity index (χ2n) is 17.6. The zero-order chi connectivity index (χ0) is 49.3. The first kappa shape index (κ1) is 43.7. The van der Waals surface area contributed by atoms with E-state index in [1.807, 2.05) is 194 Å². The minimum Gasteiger partial charge on any atom is -0.308 e. The molecule has 338 valence electrons. The summed E-state index contributed by atoms with van der Waals surface area (Å²) in [6, 6.07) is 80.8. The second-order valence-corrected chi connectivity index (χ2v) is 17.6. The first-order valence-corrected chi connectivity index (χ1v) is 23.7. The monoisotopic (exact) mass is 930 g/mol. The molecule has 0 atom stereocenters. The van der Waals surface area contributed by atoms with Crippen LogP contribution in [0.5, 0.6) is 0 Å². The summed E-state index contributed by atoms with van der Waals surface area (Å²) in [5, 5.41) is 22.9. The largest absolute Gasteiger partial charge is 0.308 e. The maximum absolute atomic E-state index is 11.1. The van der Waals surface area contributed by atoms with Gasteiger partial charge in [-0.2, -0.15) is 10.5 Å². The molecule has 12 rings (SSSR count). The number of nitriles is 2. The Morgan fingerprint density at radius 2 is 0.795 bits per heavy atom. The van der Waals surface area contributed by atoms with Gasteiger partial charge < -0.3 is 4.57 Å². The van der Waals surface area contributed by atoms with Crippen molar-refractivity contribution in [3.8, 4) is 108 Å². The minimum absolute atomic E-state index is 0.396. The number of hydrogen-bond donors (Lipinski definition) is 0. The normalized spacial score (nSPS) is 11.0. The highest BCUT2D eigenvalue weighted by Crippen LogP contribution is 2.45. The van der Waals surface area contributed by atoms with Crippen molar-refractivity contribution < 1.29 is 0 Å². The smallest absolute Gasteiger partial charge is 0.187 e. The molecule has 0 unspecified atom stereocenters. The van der Waals surface area contributed by atoms with Crippen LogP contribution in [0.4, 0.5) is 5.69 Å². The number of nitrogens with zero attached hydrogens (tertiary/aromatic N) is 8. The molecule has 3 heterocycles. The quantitative estimate of drug-likeness (QED) is 0.133. The Bertz CT molecular complexity index is 3840. The van der Waals surface area contributed by atoms with E-state index in [0.717, 1.165) is 77.7 Å². The number of benzene rings is 9. The molecule has 9 aromatic carbocycles. The Labute approximate surface area is 421 Å². The van der Waals surface area contributed by atoms with Crippen LogP contribution in [0.3, 0.4) is 0 Å². The number of hydrogen-bond acceptors (Lipinski definition) is 6. The molecular weight excluding hydrogens is 893 g/mol. The topological polar surface area (TPSA) is 108 Å². The van der Waals surface area contributed by atoms with E-state index < -0.39 is 0 Å². The van der Waals surface area contributed by atoms with Crippen LogP contribution in [-0.4, -0.2) is 24.5 Å². The standard InChI is InChI=1S/C65H38N8/c1-68-52-27-15-26-49(35-52)51-29-31-62-54(37-51)53-36-50(48-25-14-16-42(32-48)40-66)28-30-61(53)73(62)63-55(60-39-59(46-21-10-4-11-22-46)69-64(72-60)47-23-12-5-13-24-47)33-43(41-67)34-56(63)65-70-57(44-17-6-2-7-18-44)38-58(71-65)45-19-8-3-9-20-45/h2-39H. The van der Waals surface area contributed by atoms with Gasteiger partial charge in [-0.3, -0.25) is 0 Å². The lowest BCUT2D eigenvalue weighted by Gasteiger charge is -2.20. The third-order valence-electron chi connectivity index (χ3n) is 13.1. The predicted octanol–water partition coefficient (Wildman–Crippen LogP) is 16.0. The molecule has 12 aromatic rings. The molecule has 0 aliphatic heterocycles. The Balaban J connectivity index is 1.23. The maximum atomic E-state index is 11.1. The summed E-state index contributed by atoms with van der Waals surface area (Å²) in [7, 11) is 0. The van der Waals surface area contributed by atoms with E-state index in [9.17, 15) is 10.5 Å². The lowest BCUT2D eigenvalue weighted by atomic mass is 9.97. The van der Waals surface area contributed by atoms with Gasteiger partial charge in [0.05, 0.1) is 69.3 Å². The highest BCUT2D eigenvalue weighted by Gasteiger charge is 2.26. The van der Waals surface area contributed by atoms with E-state index in [1.165, 1.54) is 0 Å². The van der Waals surface area contributed by atoms with E-state index in [2.05, 4.69) is 57.9 Å². The molecule has 0 saturated heterocycles. The number of aromatic nitrogens is 5. The average Bonchev–Trinajstić information content (AvgIpc) is 3.80. The van der Waals surface area contributed by atoms with Gasteiger partial charge in [-0.05, 0) is 89.0 Å². The summed E-state index contributed by atoms with van der Waals surface area (Å²) in [5.41, 5.74) is 15.3. The molecule has 8 heteroatoms. The van der Waals surface area contributed by atoms with Crippen molar-refractivity contribution in [1.82, 2.24) is 24.5 Å². The number of rotatable bonds is 9. The van der Waals surface area contributed by atoms with Gasteiger partial charge in [0.2, 0.25) is 0 Å². The molecule has 8 nitrogen and oxygen atoms in total. The average molecular weight is 931 g/mol. The number of fused-ring (bicyclic) bond motifs is 3. The van der Waals surface area contributed by atoms with Crippen molar-refractivity contribution in [1.29, 1.82) is 10.5 Å². The molecule has 0 saturated carbocycles. The van der Waals surface area contributed by atoms with Crippen LogP contribution in [0.1, 0.15) is 11.1 Å². The van der Waals surface area contributed by atoms with Crippen molar-refractivity contribution in [2.24, 2.45) is 0 Å². The van der Waals surface area contributed by atoms with Crippen LogP contribution in [0.2, 0.25) is 0 Å². The summed E-state index contributed by atoms with van der Waals surface area (Å²) in [6.07, 6.45) is 0. The fourth-order valence-corrected chi connectivity index (χ4v) is 9.59. The van der Waals surface area contributed by atoms with Gasteiger partial charge in [0.25, 0.3) is 0 Å². The first-order chi connectivity index (χ1) is 36.0. The van der Waals surface area contributed by atoms with E-state index in [1.54, 1.807) is 0 Å². The Hall–Kier alpha value is -10.6. The van der Waals surface area contributed by atoms with Crippen LogP contribution in [0.25, 0.3) is 122 Å². The van der Waals surface area contributed by atoms with Crippen LogP contribution in [0, 0.1) is 29.2 Å². The van der Waals surface area contributed by atoms with Crippen molar-refractivity contribution in [2.45, 2.75) is 0 Å². The van der Waals surface area contributed by atoms with Gasteiger partial charge in [0.15, 0.2) is 17.3 Å². The molecule has 73 heavy (non-hydrogen) atoms. The lowest BCUT2D eigenvalue weighted by Crippen LogP contribution is -2.06. The Morgan fingerprint density at radius 1 is 0.356 bits per heavy atom. The van der Waals surface area contributed by atoms with Gasteiger partial charge in [-0.25, -0.2) is 24.8 Å². The van der Waals surface area contributed by atoms with Gasteiger partial charge in [0.1, 0.15) is 0 Å². The fraction of sp³-hybridized carbons (Fsp3) is 0. The Kier molecular flexibility index (Phi) is 11.2. The lowest BCUT2D eigenvalue weighted by molar-refractivity contribution is 1.13. The van der Waals surface area contributed by atoms with Crippen molar-refractivity contribution in [3.63, 3.8) is 0 Å². The van der Waals surface area contributed by atoms with E-state index in [-0.39, 0.29) is 0 Å².